The zero-order valence-corrected chi connectivity index (χ0v) is 12.8. The first-order valence-electron chi connectivity index (χ1n) is 6.75. The minimum absolute atomic E-state index is 0.0411. The number of aromatic nitrogens is 2. The summed E-state index contributed by atoms with van der Waals surface area (Å²) in [5.41, 5.74) is 0.0411. The smallest absolute Gasteiger partial charge is 0.347 e. The Morgan fingerprint density at radius 3 is 2.68 bits per heavy atom. The molecule has 1 aromatic rings. The van der Waals surface area contributed by atoms with Gasteiger partial charge in [0.05, 0.1) is 6.54 Å². The Hall–Kier alpha value is -1.60. The summed E-state index contributed by atoms with van der Waals surface area (Å²) in [6.45, 7) is 4.35. The summed E-state index contributed by atoms with van der Waals surface area (Å²) in [6.07, 6.45) is 1.35. The van der Waals surface area contributed by atoms with Crippen LogP contribution in [-0.4, -0.2) is 60.5 Å². The minimum atomic E-state index is -3.92. The van der Waals surface area contributed by atoms with Gasteiger partial charge in [0, 0.05) is 32.7 Å². The molecule has 0 atom stereocenters. The lowest BCUT2D eigenvalue weighted by Gasteiger charge is -2.26. The van der Waals surface area contributed by atoms with Crippen LogP contribution in [0.4, 0.5) is 5.82 Å². The van der Waals surface area contributed by atoms with Crippen molar-refractivity contribution < 1.29 is 13.3 Å². The van der Waals surface area contributed by atoms with E-state index in [2.05, 4.69) is 15.2 Å². The predicted molar refractivity (Wildman–Crippen MR) is 78.1 cm³/mol. The van der Waals surface area contributed by atoms with Crippen molar-refractivity contribution in [2.45, 2.75) is 13.1 Å². The molecule has 0 spiro atoms. The standard InChI is InChI=1S/C10H19N7O4S/c11-22(20,21)14-7-9-10(17(18)19)16(8-13-9)6-5-15-3-1-12-2-4-15/h8,12,14H,1-7H2,(H2,11,20,21). The number of imidazole rings is 1. The first kappa shape index (κ1) is 16.8. The Morgan fingerprint density at radius 2 is 2.09 bits per heavy atom. The van der Waals surface area contributed by atoms with Gasteiger partial charge in [0.25, 0.3) is 10.2 Å². The fourth-order valence-corrected chi connectivity index (χ4v) is 2.61. The average molecular weight is 333 g/mol. The average Bonchev–Trinajstić information content (AvgIpc) is 2.86. The number of piperazine rings is 1. The van der Waals surface area contributed by atoms with Gasteiger partial charge in [-0.2, -0.15) is 13.1 Å². The fourth-order valence-electron chi connectivity index (χ4n) is 2.27. The van der Waals surface area contributed by atoms with Crippen LogP contribution in [0.1, 0.15) is 5.69 Å². The van der Waals surface area contributed by atoms with Crippen molar-refractivity contribution in [3.8, 4) is 0 Å². The van der Waals surface area contributed by atoms with Crippen LogP contribution in [0.15, 0.2) is 6.33 Å². The van der Waals surface area contributed by atoms with Crippen LogP contribution in [-0.2, 0) is 23.3 Å². The van der Waals surface area contributed by atoms with Crippen molar-refractivity contribution in [3.05, 3.63) is 22.1 Å². The summed E-state index contributed by atoms with van der Waals surface area (Å²) >= 11 is 0. The van der Waals surface area contributed by atoms with Crippen molar-refractivity contribution in [2.75, 3.05) is 32.7 Å². The normalized spacial score (nSPS) is 16.8. The van der Waals surface area contributed by atoms with E-state index in [9.17, 15) is 18.5 Å². The first-order chi connectivity index (χ1) is 10.4. The predicted octanol–water partition coefficient (Wildman–Crippen LogP) is -2.01. The highest BCUT2D eigenvalue weighted by atomic mass is 32.2. The molecule has 4 N–H and O–H groups in total. The van der Waals surface area contributed by atoms with Crippen molar-refractivity contribution in [2.24, 2.45) is 5.14 Å². The van der Waals surface area contributed by atoms with Gasteiger partial charge >= 0.3 is 5.82 Å². The van der Waals surface area contributed by atoms with Crippen molar-refractivity contribution in [3.63, 3.8) is 0 Å². The molecule has 0 bridgehead atoms. The highest BCUT2D eigenvalue weighted by Crippen LogP contribution is 2.17. The van der Waals surface area contributed by atoms with E-state index in [4.69, 9.17) is 5.14 Å². The van der Waals surface area contributed by atoms with Gasteiger partial charge in [0.15, 0.2) is 12.0 Å². The Balaban J connectivity index is 2.04. The van der Waals surface area contributed by atoms with E-state index in [1.165, 1.54) is 10.9 Å². The van der Waals surface area contributed by atoms with Crippen LogP contribution in [0.25, 0.3) is 0 Å². The molecule has 0 amide bonds. The second-order valence-electron chi connectivity index (χ2n) is 4.92. The molecule has 1 aliphatic heterocycles. The summed E-state index contributed by atoms with van der Waals surface area (Å²) in [4.78, 5) is 16.7. The van der Waals surface area contributed by atoms with E-state index in [0.717, 1.165) is 26.2 Å². The molecule has 22 heavy (non-hydrogen) atoms. The number of hydrogen-bond donors (Lipinski definition) is 3. The number of nitro groups is 1. The maximum atomic E-state index is 11.2. The largest absolute Gasteiger partial charge is 0.358 e. The lowest BCUT2D eigenvalue weighted by Crippen LogP contribution is -2.44. The van der Waals surface area contributed by atoms with Crippen LogP contribution in [0, 0.1) is 10.1 Å². The zero-order valence-electron chi connectivity index (χ0n) is 11.9. The summed E-state index contributed by atoms with van der Waals surface area (Å²) in [5, 5.41) is 19.2. The van der Waals surface area contributed by atoms with Gasteiger partial charge in [-0.1, -0.05) is 0 Å². The SMILES string of the molecule is NS(=O)(=O)NCc1ncn(CCN2CCNCC2)c1[N+](=O)[O-]. The third-order valence-electron chi connectivity index (χ3n) is 3.36. The monoisotopic (exact) mass is 333 g/mol. The van der Waals surface area contributed by atoms with Crippen LogP contribution in [0.5, 0.6) is 0 Å². The number of hydrogen-bond acceptors (Lipinski definition) is 7. The van der Waals surface area contributed by atoms with Gasteiger partial charge < -0.3 is 15.4 Å². The summed E-state index contributed by atoms with van der Waals surface area (Å²) in [5.74, 6) is -0.216. The lowest BCUT2D eigenvalue weighted by molar-refractivity contribution is -0.392. The first-order valence-corrected chi connectivity index (χ1v) is 8.30. The van der Waals surface area contributed by atoms with Crippen molar-refractivity contribution in [1.82, 2.24) is 24.5 Å². The second-order valence-corrected chi connectivity index (χ2v) is 6.30. The lowest BCUT2D eigenvalue weighted by atomic mass is 10.3. The van der Waals surface area contributed by atoms with Gasteiger partial charge in [-0.05, 0) is 4.92 Å². The molecule has 1 aromatic heterocycles. The molecule has 0 aliphatic carbocycles. The summed E-state index contributed by atoms with van der Waals surface area (Å²) in [6, 6.07) is 0. The molecule has 2 heterocycles. The molecule has 0 unspecified atom stereocenters. The quantitative estimate of drug-likeness (QED) is 0.385. The number of nitrogens with two attached hydrogens (primary N) is 1. The molecule has 11 nitrogen and oxygen atoms in total. The molecule has 1 saturated heterocycles. The summed E-state index contributed by atoms with van der Waals surface area (Å²) in [7, 11) is -3.92. The number of nitrogens with one attached hydrogen (secondary N) is 2. The van der Waals surface area contributed by atoms with Crippen LogP contribution in [0.3, 0.4) is 0 Å². The van der Waals surface area contributed by atoms with Crippen molar-refractivity contribution in [1.29, 1.82) is 0 Å². The molecule has 0 radical (unpaired) electrons. The molecule has 0 saturated carbocycles. The Morgan fingerprint density at radius 1 is 1.41 bits per heavy atom. The molecular weight excluding hydrogens is 314 g/mol. The van der Waals surface area contributed by atoms with Gasteiger partial charge in [-0.25, -0.2) is 14.7 Å². The van der Waals surface area contributed by atoms with E-state index >= 15 is 0 Å². The van der Waals surface area contributed by atoms with Gasteiger partial charge in [0.1, 0.15) is 6.54 Å². The van der Waals surface area contributed by atoms with Gasteiger partial charge in [0.2, 0.25) is 0 Å². The maximum absolute atomic E-state index is 11.2. The molecule has 1 aliphatic rings. The third-order valence-corrected chi connectivity index (χ3v) is 3.91. The van der Waals surface area contributed by atoms with E-state index in [1.54, 1.807) is 0 Å². The Labute approximate surface area is 127 Å². The van der Waals surface area contributed by atoms with Crippen LogP contribution in [0.2, 0.25) is 0 Å². The molecule has 1 fully saturated rings. The zero-order chi connectivity index (χ0) is 16.2. The number of rotatable bonds is 7. The van der Waals surface area contributed by atoms with E-state index in [-0.39, 0.29) is 18.1 Å². The maximum Gasteiger partial charge on any atom is 0.347 e. The Kier molecular flexibility index (Phi) is 5.42. The highest BCUT2D eigenvalue weighted by Gasteiger charge is 2.23. The summed E-state index contributed by atoms with van der Waals surface area (Å²) < 4.78 is 25.2. The topological polar surface area (TPSA) is 148 Å². The van der Waals surface area contributed by atoms with Crippen LogP contribution < -0.4 is 15.2 Å². The van der Waals surface area contributed by atoms with E-state index < -0.39 is 15.1 Å². The number of nitrogens with zero attached hydrogens (tertiary/aromatic N) is 4. The third kappa shape index (κ3) is 4.71. The van der Waals surface area contributed by atoms with E-state index in [1.807, 2.05) is 4.72 Å². The molecular formula is C10H19N7O4S. The minimum Gasteiger partial charge on any atom is -0.358 e. The molecule has 0 aromatic carbocycles. The molecule has 12 heteroatoms. The molecule has 2 rings (SSSR count). The van der Waals surface area contributed by atoms with E-state index in [0.29, 0.717) is 13.1 Å². The second kappa shape index (κ2) is 7.11. The van der Waals surface area contributed by atoms with Crippen LogP contribution >= 0.6 is 0 Å². The Bertz CT molecular complexity index is 623. The molecule has 124 valence electrons. The van der Waals surface area contributed by atoms with Crippen molar-refractivity contribution >= 4 is 16.0 Å². The van der Waals surface area contributed by atoms with Gasteiger partial charge in [-0.15, -0.1) is 0 Å². The van der Waals surface area contributed by atoms with Gasteiger partial charge in [-0.3, -0.25) is 4.90 Å². The fraction of sp³-hybridized carbons (Fsp3) is 0.700. The highest BCUT2D eigenvalue weighted by molar-refractivity contribution is 7.87.